The van der Waals surface area contributed by atoms with Crippen LogP contribution in [0.15, 0.2) is 15.4 Å². The van der Waals surface area contributed by atoms with Crippen LogP contribution in [0.3, 0.4) is 0 Å². The van der Waals surface area contributed by atoms with Crippen LogP contribution in [-0.2, 0) is 7.05 Å². The number of aryl methyl sites for hydroxylation is 3. The quantitative estimate of drug-likeness (QED) is 0.849. The number of carbonyl (C=O) groups excluding carboxylic acids is 1. The van der Waals surface area contributed by atoms with Gasteiger partial charge < -0.3 is 14.0 Å². The number of nitrogens with zero attached hydrogens (tertiary/aromatic N) is 3. The maximum atomic E-state index is 13.1. The van der Waals surface area contributed by atoms with E-state index in [-0.39, 0.29) is 23.1 Å². The van der Waals surface area contributed by atoms with Crippen molar-refractivity contribution in [3.8, 4) is 0 Å². The zero-order chi connectivity index (χ0) is 17.6. The third kappa shape index (κ3) is 2.46. The van der Waals surface area contributed by atoms with Gasteiger partial charge in [-0.3, -0.25) is 9.59 Å². The van der Waals surface area contributed by atoms with Crippen LogP contribution in [0, 0.1) is 27.7 Å². The Balaban J connectivity index is 2.03. The Labute approximate surface area is 141 Å². The highest BCUT2D eigenvalue weighted by Crippen LogP contribution is 2.36. The van der Waals surface area contributed by atoms with E-state index in [1.807, 2.05) is 27.7 Å². The van der Waals surface area contributed by atoms with Crippen molar-refractivity contribution in [3.05, 3.63) is 50.3 Å². The van der Waals surface area contributed by atoms with Crippen molar-refractivity contribution in [1.29, 1.82) is 0 Å². The predicted octanol–water partition coefficient (Wildman–Crippen LogP) is 2.58. The van der Waals surface area contributed by atoms with Gasteiger partial charge in [0, 0.05) is 24.8 Å². The molecule has 24 heavy (non-hydrogen) atoms. The summed E-state index contributed by atoms with van der Waals surface area (Å²) in [7, 11) is 1.71. The van der Waals surface area contributed by atoms with Crippen LogP contribution in [0.5, 0.6) is 0 Å². The Bertz CT molecular complexity index is 844. The minimum absolute atomic E-state index is 0.0740. The van der Waals surface area contributed by atoms with Crippen molar-refractivity contribution >= 4 is 5.91 Å². The van der Waals surface area contributed by atoms with Crippen molar-refractivity contribution in [3.63, 3.8) is 0 Å². The molecule has 0 radical (unpaired) electrons. The molecule has 128 valence electrons. The summed E-state index contributed by atoms with van der Waals surface area (Å²) in [6.07, 6.45) is 1.77. The fraction of sp³-hybridized carbons (Fsp3) is 0.500. The van der Waals surface area contributed by atoms with E-state index in [1.54, 1.807) is 22.6 Å². The van der Waals surface area contributed by atoms with Crippen molar-refractivity contribution in [2.24, 2.45) is 7.05 Å². The maximum Gasteiger partial charge on any atom is 0.263 e. The summed E-state index contributed by atoms with van der Waals surface area (Å²) in [6, 6.07) is 1.64. The number of pyridine rings is 1. The lowest BCUT2D eigenvalue weighted by atomic mass is 10.0. The van der Waals surface area contributed by atoms with Gasteiger partial charge in [0.15, 0.2) is 0 Å². The molecule has 3 rings (SSSR count). The lowest BCUT2D eigenvalue weighted by Gasteiger charge is -2.25. The van der Waals surface area contributed by atoms with E-state index < -0.39 is 0 Å². The van der Waals surface area contributed by atoms with E-state index in [4.69, 9.17) is 4.52 Å². The Morgan fingerprint density at radius 1 is 1.29 bits per heavy atom. The van der Waals surface area contributed by atoms with Gasteiger partial charge in [0.1, 0.15) is 11.3 Å². The Morgan fingerprint density at radius 2 is 2.00 bits per heavy atom. The second-order valence-electron chi connectivity index (χ2n) is 6.59. The molecule has 0 aromatic carbocycles. The minimum atomic E-state index is -0.243. The average molecular weight is 329 g/mol. The molecule has 2 aromatic rings. The molecule has 2 aromatic heterocycles. The standard InChI is InChI=1S/C18H23N3O3/c1-10-9-14(17(22)20(5)12(10)3)18(23)21-8-6-7-15(21)16-11(2)19-24-13(16)4/h9,15H,6-8H2,1-5H3. The monoisotopic (exact) mass is 329 g/mol. The Kier molecular flexibility index (Phi) is 4.07. The predicted molar refractivity (Wildman–Crippen MR) is 90.1 cm³/mol. The topological polar surface area (TPSA) is 68.3 Å². The normalized spacial score (nSPS) is 17.5. The smallest absolute Gasteiger partial charge is 0.263 e. The molecular weight excluding hydrogens is 306 g/mol. The summed E-state index contributed by atoms with van der Waals surface area (Å²) in [6.45, 7) is 8.20. The van der Waals surface area contributed by atoms with Gasteiger partial charge >= 0.3 is 0 Å². The van der Waals surface area contributed by atoms with Crippen LogP contribution in [0.25, 0.3) is 0 Å². The lowest BCUT2D eigenvalue weighted by molar-refractivity contribution is 0.0732. The molecule has 1 fully saturated rings. The van der Waals surface area contributed by atoms with Gasteiger partial charge in [-0.1, -0.05) is 5.16 Å². The largest absolute Gasteiger partial charge is 0.361 e. The number of amides is 1. The zero-order valence-electron chi connectivity index (χ0n) is 14.8. The number of hydrogen-bond donors (Lipinski definition) is 0. The third-order valence-corrected chi connectivity index (χ3v) is 5.14. The van der Waals surface area contributed by atoms with Crippen molar-refractivity contribution in [2.75, 3.05) is 6.54 Å². The first-order chi connectivity index (χ1) is 11.3. The maximum absolute atomic E-state index is 13.1. The van der Waals surface area contributed by atoms with Crippen LogP contribution >= 0.6 is 0 Å². The van der Waals surface area contributed by atoms with E-state index in [0.29, 0.717) is 6.54 Å². The SMILES string of the molecule is Cc1cc(C(=O)N2CCCC2c2c(C)noc2C)c(=O)n(C)c1C. The summed E-state index contributed by atoms with van der Waals surface area (Å²) in [4.78, 5) is 27.4. The van der Waals surface area contributed by atoms with E-state index in [9.17, 15) is 9.59 Å². The first-order valence-corrected chi connectivity index (χ1v) is 8.24. The summed E-state index contributed by atoms with van der Waals surface area (Å²) < 4.78 is 6.81. The van der Waals surface area contributed by atoms with Crippen molar-refractivity contribution < 1.29 is 9.32 Å². The molecule has 1 atom stereocenters. The molecular formula is C18H23N3O3. The number of likely N-dealkylation sites (tertiary alicyclic amines) is 1. The highest BCUT2D eigenvalue weighted by Gasteiger charge is 2.35. The molecule has 1 unspecified atom stereocenters. The van der Waals surface area contributed by atoms with Gasteiger partial charge in [0.2, 0.25) is 0 Å². The fourth-order valence-electron chi connectivity index (χ4n) is 3.56. The van der Waals surface area contributed by atoms with E-state index in [2.05, 4.69) is 5.16 Å². The Morgan fingerprint density at radius 3 is 2.62 bits per heavy atom. The van der Waals surface area contributed by atoms with Crippen LogP contribution in [-0.4, -0.2) is 27.1 Å². The van der Waals surface area contributed by atoms with Gasteiger partial charge in [-0.15, -0.1) is 0 Å². The highest BCUT2D eigenvalue weighted by molar-refractivity contribution is 5.94. The molecule has 1 aliphatic rings. The molecule has 1 saturated heterocycles. The first-order valence-electron chi connectivity index (χ1n) is 8.24. The molecule has 1 aliphatic heterocycles. The average Bonchev–Trinajstić information content (AvgIpc) is 3.14. The molecule has 6 nitrogen and oxygen atoms in total. The number of carbonyl (C=O) groups is 1. The van der Waals surface area contributed by atoms with Crippen LogP contribution < -0.4 is 5.56 Å². The van der Waals surface area contributed by atoms with E-state index in [1.165, 1.54) is 0 Å². The Hall–Kier alpha value is -2.37. The van der Waals surface area contributed by atoms with E-state index >= 15 is 0 Å². The molecule has 6 heteroatoms. The molecule has 0 N–H and O–H groups in total. The zero-order valence-corrected chi connectivity index (χ0v) is 14.8. The van der Waals surface area contributed by atoms with Gasteiger partial charge in [-0.25, -0.2) is 0 Å². The summed E-state index contributed by atoms with van der Waals surface area (Å²) in [5.74, 6) is 0.534. The molecule has 3 heterocycles. The molecule has 0 bridgehead atoms. The highest BCUT2D eigenvalue weighted by atomic mass is 16.5. The second kappa shape index (κ2) is 5.92. The summed E-state index contributed by atoms with van der Waals surface area (Å²) in [5.41, 5.74) is 3.59. The van der Waals surface area contributed by atoms with Crippen LogP contribution in [0.1, 0.15) is 57.5 Å². The number of aromatic nitrogens is 2. The van der Waals surface area contributed by atoms with E-state index in [0.717, 1.165) is 41.1 Å². The first kappa shape index (κ1) is 16.5. The van der Waals surface area contributed by atoms with Crippen LogP contribution in [0.2, 0.25) is 0 Å². The van der Waals surface area contributed by atoms with Crippen molar-refractivity contribution in [2.45, 2.75) is 46.6 Å². The molecule has 0 aliphatic carbocycles. The molecule has 0 saturated carbocycles. The number of rotatable bonds is 2. The summed E-state index contributed by atoms with van der Waals surface area (Å²) in [5, 5.41) is 4.01. The van der Waals surface area contributed by atoms with Gasteiger partial charge in [-0.05, 0) is 52.2 Å². The minimum Gasteiger partial charge on any atom is -0.361 e. The van der Waals surface area contributed by atoms with Crippen LogP contribution in [0.4, 0.5) is 0 Å². The third-order valence-electron chi connectivity index (χ3n) is 5.14. The van der Waals surface area contributed by atoms with Gasteiger partial charge in [-0.2, -0.15) is 0 Å². The molecule has 0 spiro atoms. The van der Waals surface area contributed by atoms with Gasteiger partial charge in [0.05, 0.1) is 11.7 Å². The van der Waals surface area contributed by atoms with Crippen molar-refractivity contribution in [1.82, 2.24) is 14.6 Å². The van der Waals surface area contributed by atoms with Gasteiger partial charge in [0.25, 0.3) is 11.5 Å². The lowest BCUT2D eigenvalue weighted by Crippen LogP contribution is -2.37. The number of hydrogen-bond acceptors (Lipinski definition) is 4. The fourth-order valence-corrected chi connectivity index (χ4v) is 3.56. The second-order valence-corrected chi connectivity index (χ2v) is 6.59. The summed E-state index contributed by atoms with van der Waals surface area (Å²) >= 11 is 0. The molecule has 1 amide bonds.